The molecule has 0 aliphatic carbocycles. The van der Waals surface area contributed by atoms with Crippen molar-refractivity contribution in [2.24, 2.45) is 17.9 Å². The Morgan fingerprint density at radius 1 is 1.50 bits per heavy atom. The summed E-state index contributed by atoms with van der Waals surface area (Å²) in [4.78, 5) is 8.17. The Balaban J connectivity index is 1.82. The lowest BCUT2D eigenvalue weighted by Crippen LogP contribution is -2.19. The predicted molar refractivity (Wildman–Crippen MR) is 73.2 cm³/mol. The van der Waals surface area contributed by atoms with Gasteiger partial charge in [0, 0.05) is 32.8 Å². The summed E-state index contributed by atoms with van der Waals surface area (Å²) in [5.41, 5.74) is 6.96. The molecule has 0 amide bonds. The maximum absolute atomic E-state index is 8.61. The van der Waals surface area contributed by atoms with E-state index in [1.807, 2.05) is 13.1 Å². The molecule has 0 aromatic carbocycles. The average molecular weight is 275 g/mol. The monoisotopic (exact) mass is 275 g/mol. The second-order valence-corrected chi connectivity index (χ2v) is 4.30. The molecule has 20 heavy (non-hydrogen) atoms. The summed E-state index contributed by atoms with van der Waals surface area (Å²) in [5.74, 6) is 0.816. The molecule has 0 bridgehead atoms. The Morgan fingerprint density at radius 2 is 2.35 bits per heavy atom. The van der Waals surface area contributed by atoms with Gasteiger partial charge in [-0.2, -0.15) is 5.10 Å². The van der Waals surface area contributed by atoms with Crippen molar-refractivity contribution in [2.75, 3.05) is 6.54 Å². The van der Waals surface area contributed by atoms with Gasteiger partial charge >= 0.3 is 0 Å². The van der Waals surface area contributed by atoms with Crippen molar-refractivity contribution in [3.8, 4) is 0 Å². The van der Waals surface area contributed by atoms with E-state index in [0.717, 1.165) is 24.4 Å². The molecule has 0 saturated heterocycles. The first-order chi connectivity index (χ1) is 9.69. The highest BCUT2D eigenvalue weighted by Crippen LogP contribution is 2.01. The van der Waals surface area contributed by atoms with Crippen molar-refractivity contribution < 1.29 is 5.21 Å². The molecule has 0 aliphatic rings. The van der Waals surface area contributed by atoms with Crippen LogP contribution in [0.5, 0.6) is 0 Å². The van der Waals surface area contributed by atoms with Crippen molar-refractivity contribution in [2.45, 2.75) is 13.0 Å². The minimum atomic E-state index is 0.00420. The number of pyridine rings is 1. The molecule has 8 nitrogen and oxygen atoms in total. The summed E-state index contributed by atoms with van der Waals surface area (Å²) in [7, 11) is 1.84. The van der Waals surface area contributed by atoms with Gasteiger partial charge in [0.1, 0.15) is 12.0 Å². The molecule has 0 saturated carbocycles. The Kier molecular flexibility index (Phi) is 4.61. The van der Waals surface area contributed by atoms with Crippen LogP contribution in [0.1, 0.15) is 17.1 Å². The van der Waals surface area contributed by atoms with Crippen LogP contribution in [-0.4, -0.2) is 37.3 Å². The van der Waals surface area contributed by atoms with E-state index < -0.39 is 0 Å². The van der Waals surface area contributed by atoms with Gasteiger partial charge in [-0.3, -0.25) is 9.67 Å². The van der Waals surface area contributed by atoms with Gasteiger partial charge in [-0.15, -0.1) is 0 Å². The second-order valence-electron chi connectivity index (χ2n) is 4.30. The molecule has 2 heterocycles. The topological polar surface area (TPSA) is 114 Å². The average Bonchev–Trinajstić information content (AvgIpc) is 2.88. The zero-order chi connectivity index (χ0) is 14.4. The van der Waals surface area contributed by atoms with E-state index >= 15 is 0 Å². The van der Waals surface area contributed by atoms with E-state index in [-0.39, 0.29) is 5.84 Å². The number of oxime groups is 1. The van der Waals surface area contributed by atoms with Crippen LogP contribution in [0.4, 0.5) is 0 Å². The van der Waals surface area contributed by atoms with E-state index in [9.17, 15) is 0 Å². The molecule has 0 aliphatic heterocycles. The molecule has 2 rings (SSSR count). The van der Waals surface area contributed by atoms with Crippen LogP contribution in [0, 0.1) is 0 Å². The van der Waals surface area contributed by atoms with Crippen molar-refractivity contribution in [1.82, 2.24) is 25.1 Å². The summed E-state index contributed by atoms with van der Waals surface area (Å²) < 4.78 is 1.68. The molecule has 0 spiro atoms. The number of aryl methyl sites for hydroxylation is 1. The summed E-state index contributed by atoms with van der Waals surface area (Å²) in [6, 6.07) is 3.65. The lowest BCUT2D eigenvalue weighted by molar-refractivity contribution is 0.318. The Morgan fingerprint density at radius 3 is 3.05 bits per heavy atom. The molecule has 0 fully saturated rings. The standard InChI is InChI=1S/C12H17N7O/c1-19-8-16-11(17-19)3-4-14-7-9-2-5-15-10(6-9)12(13)18-20/h2,5-6,8,14,20H,3-4,7H2,1H3,(H2,13,18). The third kappa shape index (κ3) is 3.75. The van der Waals surface area contributed by atoms with Gasteiger partial charge in [-0.05, 0) is 17.7 Å². The molecule has 106 valence electrons. The fourth-order valence-electron chi connectivity index (χ4n) is 1.71. The molecule has 8 heteroatoms. The minimum absolute atomic E-state index is 0.00420. The van der Waals surface area contributed by atoms with Crippen molar-refractivity contribution >= 4 is 5.84 Å². The predicted octanol–water partition coefficient (Wildman–Crippen LogP) is -0.363. The summed E-state index contributed by atoms with van der Waals surface area (Å²) in [5, 5.41) is 19.0. The highest BCUT2D eigenvalue weighted by molar-refractivity contribution is 5.95. The lowest BCUT2D eigenvalue weighted by Gasteiger charge is -2.05. The normalized spacial score (nSPS) is 11.8. The molecule has 2 aromatic heterocycles. The number of hydrogen-bond acceptors (Lipinski definition) is 6. The molecular weight excluding hydrogens is 258 g/mol. The molecule has 2 aromatic rings. The van der Waals surface area contributed by atoms with Crippen LogP contribution >= 0.6 is 0 Å². The van der Waals surface area contributed by atoms with Crippen LogP contribution in [-0.2, 0) is 20.0 Å². The second kappa shape index (κ2) is 6.62. The van der Waals surface area contributed by atoms with Crippen molar-refractivity contribution in [1.29, 1.82) is 0 Å². The number of hydrogen-bond donors (Lipinski definition) is 3. The summed E-state index contributed by atoms with van der Waals surface area (Å²) >= 11 is 0. The molecule has 4 N–H and O–H groups in total. The smallest absolute Gasteiger partial charge is 0.188 e. The zero-order valence-electron chi connectivity index (χ0n) is 11.2. The molecule has 0 atom stereocenters. The number of amidine groups is 1. The van der Waals surface area contributed by atoms with E-state index in [0.29, 0.717) is 12.2 Å². The van der Waals surface area contributed by atoms with Crippen LogP contribution in [0.15, 0.2) is 29.8 Å². The van der Waals surface area contributed by atoms with Gasteiger partial charge in [-0.1, -0.05) is 5.16 Å². The van der Waals surface area contributed by atoms with Gasteiger partial charge in [0.25, 0.3) is 0 Å². The minimum Gasteiger partial charge on any atom is -0.409 e. The van der Waals surface area contributed by atoms with Crippen LogP contribution < -0.4 is 11.1 Å². The number of rotatable bonds is 6. The van der Waals surface area contributed by atoms with Gasteiger partial charge in [-0.25, -0.2) is 4.98 Å². The number of nitrogens with zero attached hydrogens (tertiary/aromatic N) is 5. The van der Waals surface area contributed by atoms with Gasteiger partial charge in [0.15, 0.2) is 11.7 Å². The SMILES string of the molecule is Cn1cnc(CCNCc2ccnc(/C(N)=N/O)c2)n1. The number of aromatic nitrogens is 4. The van der Waals surface area contributed by atoms with Crippen LogP contribution in [0.25, 0.3) is 0 Å². The molecule has 0 radical (unpaired) electrons. The highest BCUT2D eigenvalue weighted by atomic mass is 16.4. The van der Waals surface area contributed by atoms with Gasteiger partial charge < -0.3 is 16.3 Å². The third-order valence-electron chi connectivity index (χ3n) is 2.70. The van der Waals surface area contributed by atoms with Crippen LogP contribution in [0.2, 0.25) is 0 Å². The first kappa shape index (κ1) is 13.9. The lowest BCUT2D eigenvalue weighted by atomic mass is 10.2. The maximum atomic E-state index is 8.61. The van der Waals surface area contributed by atoms with Gasteiger partial charge in [0.05, 0.1) is 0 Å². The quantitative estimate of drug-likeness (QED) is 0.218. The molecular formula is C12H17N7O. The summed E-state index contributed by atoms with van der Waals surface area (Å²) in [6.07, 6.45) is 4.07. The fourth-order valence-corrected chi connectivity index (χ4v) is 1.71. The Hall–Kier alpha value is -2.48. The third-order valence-corrected chi connectivity index (χ3v) is 2.70. The first-order valence-electron chi connectivity index (χ1n) is 6.17. The van der Waals surface area contributed by atoms with E-state index in [4.69, 9.17) is 10.9 Å². The van der Waals surface area contributed by atoms with Crippen molar-refractivity contribution in [3.05, 3.63) is 41.7 Å². The number of nitrogens with two attached hydrogens (primary N) is 1. The summed E-state index contributed by atoms with van der Waals surface area (Å²) in [6.45, 7) is 1.44. The van der Waals surface area contributed by atoms with Crippen LogP contribution in [0.3, 0.4) is 0 Å². The fraction of sp³-hybridized carbons (Fsp3) is 0.333. The molecule has 0 unspecified atom stereocenters. The highest BCUT2D eigenvalue weighted by Gasteiger charge is 2.02. The maximum Gasteiger partial charge on any atom is 0.188 e. The van der Waals surface area contributed by atoms with E-state index in [2.05, 4.69) is 25.5 Å². The Labute approximate surface area is 116 Å². The van der Waals surface area contributed by atoms with Crippen molar-refractivity contribution in [3.63, 3.8) is 0 Å². The van der Waals surface area contributed by atoms with E-state index in [1.54, 1.807) is 23.3 Å². The Bertz CT molecular complexity index is 593. The number of nitrogens with one attached hydrogen (secondary N) is 1. The first-order valence-corrected chi connectivity index (χ1v) is 6.17. The zero-order valence-corrected chi connectivity index (χ0v) is 11.2. The van der Waals surface area contributed by atoms with E-state index in [1.165, 1.54) is 0 Å². The largest absolute Gasteiger partial charge is 0.409 e. The van der Waals surface area contributed by atoms with Gasteiger partial charge in [0.2, 0.25) is 0 Å².